The molecular formula is C25H22ClN3O3S. The number of para-hydroxylation sites is 1. The van der Waals surface area contributed by atoms with Gasteiger partial charge in [-0.05, 0) is 73.7 Å². The normalized spacial score (nSPS) is 23.1. The molecule has 5 rings (SSSR count). The summed E-state index contributed by atoms with van der Waals surface area (Å²) in [6.07, 6.45) is 0. The summed E-state index contributed by atoms with van der Waals surface area (Å²) in [6.45, 7) is 1.90. The van der Waals surface area contributed by atoms with Crippen LogP contribution in [0.1, 0.15) is 18.5 Å². The van der Waals surface area contributed by atoms with Crippen LogP contribution in [0.2, 0.25) is 5.02 Å². The zero-order chi connectivity index (χ0) is 23.2. The van der Waals surface area contributed by atoms with Crippen molar-refractivity contribution in [3.05, 3.63) is 83.4 Å². The Morgan fingerprint density at radius 1 is 1.15 bits per heavy atom. The maximum atomic E-state index is 13.8. The van der Waals surface area contributed by atoms with E-state index in [9.17, 15) is 4.79 Å². The lowest BCUT2D eigenvalue weighted by Gasteiger charge is -2.56. The number of halogens is 1. The second-order valence-corrected chi connectivity index (χ2v) is 8.96. The van der Waals surface area contributed by atoms with Gasteiger partial charge in [-0.1, -0.05) is 29.8 Å². The summed E-state index contributed by atoms with van der Waals surface area (Å²) in [5, 5.41) is 7.50. The number of nitrogens with zero attached hydrogens (tertiary/aromatic N) is 1. The third-order valence-corrected chi connectivity index (χ3v) is 6.67. The molecule has 2 bridgehead atoms. The molecule has 0 unspecified atom stereocenters. The number of benzene rings is 3. The molecule has 0 aliphatic carbocycles. The molecule has 0 aromatic heterocycles. The van der Waals surface area contributed by atoms with E-state index in [0.717, 1.165) is 11.3 Å². The van der Waals surface area contributed by atoms with Gasteiger partial charge in [-0.25, -0.2) is 0 Å². The van der Waals surface area contributed by atoms with Crippen molar-refractivity contribution in [1.82, 2.24) is 5.32 Å². The SMILES string of the molecule is COc1ccc2c(c1)[C@H]1NC(=S)N(c3ccccc3)[C@@](C)(O2)[C@@H]1C(=O)Nc1ccc(Cl)cc1. The average Bonchev–Trinajstić information content (AvgIpc) is 2.80. The Hall–Kier alpha value is -3.29. The van der Waals surface area contributed by atoms with Crippen LogP contribution in [0.25, 0.3) is 0 Å². The number of fused-ring (bicyclic) bond motifs is 4. The first-order chi connectivity index (χ1) is 15.9. The molecule has 8 heteroatoms. The van der Waals surface area contributed by atoms with Gasteiger partial charge in [0.25, 0.3) is 0 Å². The minimum atomic E-state index is -1.08. The molecule has 0 spiro atoms. The summed E-state index contributed by atoms with van der Waals surface area (Å²) in [6, 6.07) is 21.9. The van der Waals surface area contributed by atoms with Gasteiger partial charge in [0.1, 0.15) is 17.4 Å². The van der Waals surface area contributed by atoms with Crippen molar-refractivity contribution in [1.29, 1.82) is 0 Å². The van der Waals surface area contributed by atoms with Crippen molar-refractivity contribution in [3.63, 3.8) is 0 Å². The van der Waals surface area contributed by atoms with Gasteiger partial charge >= 0.3 is 0 Å². The van der Waals surface area contributed by atoms with E-state index in [4.69, 9.17) is 33.3 Å². The second-order valence-electron chi connectivity index (χ2n) is 8.13. The van der Waals surface area contributed by atoms with Crippen LogP contribution in [0.5, 0.6) is 11.5 Å². The van der Waals surface area contributed by atoms with E-state index < -0.39 is 17.7 Å². The molecule has 3 aromatic rings. The summed E-state index contributed by atoms with van der Waals surface area (Å²) in [4.78, 5) is 15.6. The Morgan fingerprint density at radius 3 is 2.58 bits per heavy atom. The van der Waals surface area contributed by atoms with Gasteiger partial charge in [-0.2, -0.15) is 0 Å². The summed E-state index contributed by atoms with van der Waals surface area (Å²) < 4.78 is 12.0. The average molecular weight is 480 g/mol. The lowest BCUT2D eigenvalue weighted by molar-refractivity contribution is -0.130. The molecule has 2 N–H and O–H groups in total. The Bertz CT molecular complexity index is 1220. The second kappa shape index (κ2) is 8.24. The third-order valence-electron chi connectivity index (χ3n) is 6.11. The summed E-state index contributed by atoms with van der Waals surface area (Å²) in [7, 11) is 1.61. The molecule has 2 aliphatic rings. The highest BCUT2D eigenvalue weighted by Crippen LogP contribution is 2.50. The fourth-order valence-electron chi connectivity index (χ4n) is 4.61. The third kappa shape index (κ3) is 3.67. The summed E-state index contributed by atoms with van der Waals surface area (Å²) in [5.41, 5.74) is 1.22. The van der Waals surface area contributed by atoms with Gasteiger partial charge in [0.2, 0.25) is 5.91 Å². The standard InChI is InChI=1S/C25H22ClN3O3S/c1-25-21(23(30)27-16-10-8-15(26)9-11-16)22(19-14-18(31-2)12-13-20(19)32-25)28-24(33)29(25)17-6-4-3-5-7-17/h3-14,21-22H,1-2H3,(H,27,30)(H,28,33)/t21-,22+,25-/m0/s1. The molecule has 3 aromatic carbocycles. The number of carbonyl (C=O) groups excluding carboxylic acids is 1. The van der Waals surface area contributed by atoms with Crippen LogP contribution in [0.15, 0.2) is 72.8 Å². The zero-order valence-corrected chi connectivity index (χ0v) is 19.6. The summed E-state index contributed by atoms with van der Waals surface area (Å²) in [5.74, 6) is 0.514. The molecular weight excluding hydrogens is 458 g/mol. The van der Waals surface area contributed by atoms with Crippen molar-refractivity contribution >= 4 is 46.2 Å². The van der Waals surface area contributed by atoms with E-state index in [1.165, 1.54) is 0 Å². The van der Waals surface area contributed by atoms with Crippen LogP contribution < -0.4 is 25.0 Å². The number of hydrogen-bond donors (Lipinski definition) is 2. The summed E-state index contributed by atoms with van der Waals surface area (Å²) >= 11 is 11.8. The molecule has 6 nitrogen and oxygen atoms in total. The minimum absolute atomic E-state index is 0.200. The van der Waals surface area contributed by atoms with Crippen LogP contribution in [0.3, 0.4) is 0 Å². The lowest BCUT2D eigenvalue weighted by Crippen LogP contribution is -2.72. The number of nitrogens with one attached hydrogen (secondary N) is 2. The molecule has 2 heterocycles. The van der Waals surface area contributed by atoms with Crippen LogP contribution >= 0.6 is 23.8 Å². The zero-order valence-electron chi connectivity index (χ0n) is 18.0. The van der Waals surface area contributed by atoms with Gasteiger partial charge in [0, 0.05) is 22.0 Å². The van der Waals surface area contributed by atoms with Crippen molar-refractivity contribution in [2.24, 2.45) is 5.92 Å². The number of carbonyl (C=O) groups is 1. The number of ether oxygens (including phenoxy) is 2. The molecule has 1 fully saturated rings. The maximum absolute atomic E-state index is 13.8. The Labute approximate surface area is 202 Å². The molecule has 1 amide bonds. The minimum Gasteiger partial charge on any atom is -0.497 e. The number of anilines is 2. The van der Waals surface area contributed by atoms with Gasteiger partial charge in [0.05, 0.1) is 13.2 Å². The number of hydrogen-bond acceptors (Lipinski definition) is 4. The fourth-order valence-corrected chi connectivity index (χ4v) is 5.15. The van der Waals surface area contributed by atoms with Crippen molar-refractivity contribution in [2.75, 3.05) is 17.3 Å². The highest BCUT2D eigenvalue weighted by molar-refractivity contribution is 7.80. The Kier molecular flexibility index (Phi) is 5.38. The van der Waals surface area contributed by atoms with Crippen LogP contribution in [0.4, 0.5) is 11.4 Å². The highest BCUT2D eigenvalue weighted by atomic mass is 35.5. The van der Waals surface area contributed by atoms with Gasteiger partial charge in [-0.3, -0.25) is 9.69 Å². The van der Waals surface area contributed by atoms with E-state index in [-0.39, 0.29) is 5.91 Å². The lowest BCUT2D eigenvalue weighted by atomic mass is 9.78. The predicted octanol–water partition coefficient (Wildman–Crippen LogP) is 5.15. The number of amides is 1. The van der Waals surface area contributed by atoms with E-state index >= 15 is 0 Å². The first-order valence-corrected chi connectivity index (χ1v) is 11.3. The maximum Gasteiger partial charge on any atom is 0.236 e. The number of rotatable bonds is 4. The molecule has 33 heavy (non-hydrogen) atoms. The molecule has 3 atom stereocenters. The monoisotopic (exact) mass is 479 g/mol. The van der Waals surface area contributed by atoms with Crippen molar-refractivity contribution in [3.8, 4) is 11.5 Å². The molecule has 0 radical (unpaired) electrons. The predicted molar refractivity (Wildman–Crippen MR) is 133 cm³/mol. The topological polar surface area (TPSA) is 62.8 Å². The molecule has 1 saturated heterocycles. The highest BCUT2D eigenvalue weighted by Gasteiger charge is 2.59. The first-order valence-electron chi connectivity index (χ1n) is 10.5. The fraction of sp³-hybridized carbons (Fsp3) is 0.200. The van der Waals surface area contributed by atoms with Crippen molar-refractivity contribution in [2.45, 2.75) is 18.7 Å². The van der Waals surface area contributed by atoms with E-state index in [1.807, 2.05) is 60.4 Å². The molecule has 2 aliphatic heterocycles. The number of thiocarbonyl (C=S) groups is 1. The quantitative estimate of drug-likeness (QED) is 0.505. The van der Waals surface area contributed by atoms with E-state index in [0.29, 0.717) is 27.3 Å². The van der Waals surface area contributed by atoms with Crippen LogP contribution in [-0.2, 0) is 4.79 Å². The number of methoxy groups -OCH3 is 1. The van der Waals surface area contributed by atoms with E-state index in [1.54, 1.807) is 31.4 Å². The van der Waals surface area contributed by atoms with E-state index in [2.05, 4.69) is 10.6 Å². The van der Waals surface area contributed by atoms with Crippen molar-refractivity contribution < 1.29 is 14.3 Å². The molecule has 0 saturated carbocycles. The Morgan fingerprint density at radius 2 is 1.88 bits per heavy atom. The molecule has 168 valence electrons. The Balaban J connectivity index is 1.62. The van der Waals surface area contributed by atoms with Gasteiger partial charge in [0.15, 0.2) is 10.8 Å². The largest absolute Gasteiger partial charge is 0.497 e. The van der Waals surface area contributed by atoms with Gasteiger partial charge < -0.3 is 20.1 Å². The smallest absolute Gasteiger partial charge is 0.236 e. The van der Waals surface area contributed by atoms with Gasteiger partial charge in [-0.15, -0.1) is 0 Å². The first kappa shape index (κ1) is 21.6. The van der Waals surface area contributed by atoms with Crippen LogP contribution in [0, 0.1) is 5.92 Å². The van der Waals surface area contributed by atoms with Crippen LogP contribution in [-0.4, -0.2) is 23.9 Å².